The van der Waals surface area contributed by atoms with Crippen LogP contribution in [0.3, 0.4) is 0 Å². The second-order valence-corrected chi connectivity index (χ2v) is 10.3. The van der Waals surface area contributed by atoms with E-state index in [0.29, 0.717) is 12.0 Å². The van der Waals surface area contributed by atoms with Crippen LogP contribution in [0, 0.1) is 0 Å². The predicted octanol–water partition coefficient (Wildman–Crippen LogP) is 1.85. The summed E-state index contributed by atoms with van der Waals surface area (Å²) in [6.07, 6.45) is 1.26. The van der Waals surface area contributed by atoms with Gasteiger partial charge in [0.15, 0.2) is 5.82 Å². The van der Waals surface area contributed by atoms with Gasteiger partial charge in [0.05, 0.1) is 6.54 Å². The maximum absolute atomic E-state index is 13.3. The Bertz CT molecular complexity index is 1290. The van der Waals surface area contributed by atoms with Crippen molar-refractivity contribution in [3.05, 3.63) is 77.4 Å². The molecule has 184 valence electrons. The van der Waals surface area contributed by atoms with Crippen molar-refractivity contribution < 1.29 is 22.5 Å². The minimum Gasteiger partial charge on any atom is -0.368 e. The van der Waals surface area contributed by atoms with Crippen molar-refractivity contribution in [2.24, 2.45) is 5.73 Å². The van der Waals surface area contributed by atoms with Crippen LogP contribution in [-0.2, 0) is 23.1 Å². The number of nitrogens with one attached hydrogen (secondary N) is 2. The van der Waals surface area contributed by atoms with E-state index in [1.807, 2.05) is 37.3 Å². The Morgan fingerprint density at radius 1 is 1.11 bits per heavy atom. The Balaban J connectivity index is 1.39. The van der Waals surface area contributed by atoms with E-state index in [1.54, 1.807) is 24.3 Å². The summed E-state index contributed by atoms with van der Waals surface area (Å²) in [5, 5.41) is 8.63. The predicted molar refractivity (Wildman–Crippen MR) is 127 cm³/mol. The lowest BCUT2D eigenvalue weighted by atomic mass is 10.1. The molecule has 1 fully saturated rings. The molecule has 0 radical (unpaired) electrons. The van der Waals surface area contributed by atoms with Gasteiger partial charge in [-0.1, -0.05) is 35.5 Å². The van der Waals surface area contributed by atoms with Gasteiger partial charge in [-0.05, 0) is 49.6 Å². The number of carbonyl (C=O) groups excluding carboxylic acids is 2. The molecule has 11 nitrogen and oxygen atoms in total. The average Bonchev–Trinajstić information content (AvgIpc) is 3.33. The number of anilines is 1. The molecule has 12 heteroatoms. The van der Waals surface area contributed by atoms with Crippen LogP contribution in [-0.4, -0.2) is 46.1 Å². The molecule has 2 atom stereocenters. The zero-order valence-electron chi connectivity index (χ0n) is 19.0. The van der Waals surface area contributed by atoms with Gasteiger partial charge in [0.25, 0.3) is 5.91 Å². The summed E-state index contributed by atoms with van der Waals surface area (Å²) in [4.78, 5) is 27.2. The van der Waals surface area contributed by atoms with E-state index in [-0.39, 0.29) is 36.8 Å². The maximum Gasteiger partial charge on any atom is 0.315 e. The first kappa shape index (κ1) is 24.4. The second-order valence-electron chi connectivity index (χ2n) is 8.28. The summed E-state index contributed by atoms with van der Waals surface area (Å²) in [6.45, 7) is 2.06. The van der Waals surface area contributed by atoms with Gasteiger partial charge in [0.1, 0.15) is 5.37 Å². The number of rotatable bonds is 8. The third-order valence-electron chi connectivity index (χ3n) is 5.77. The number of primary amides is 1. The number of sulfonamides is 1. The van der Waals surface area contributed by atoms with Crippen LogP contribution in [0.1, 0.15) is 52.2 Å². The highest BCUT2D eigenvalue weighted by Crippen LogP contribution is 2.29. The summed E-state index contributed by atoms with van der Waals surface area (Å²) < 4.78 is 32.8. The van der Waals surface area contributed by atoms with Crippen LogP contribution in [0.5, 0.6) is 0 Å². The van der Waals surface area contributed by atoms with Crippen molar-refractivity contribution in [1.82, 2.24) is 19.8 Å². The Labute approximate surface area is 202 Å². The van der Waals surface area contributed by atoms with Crippen molar-refractivity contribution in [1.29, 1.82) is 0 Å². The van der Waals surface area contributed by atoms with Crippen molar-refractivity contribution in [3.63, 3.8) is 0 Å². The van der Waals surface area contributed by atoms with Gasteiger partial charge < -0.3 is 20.9 Å². The van der Waals surface area contributed by atoms with Crippen LogP contribution in [0.25, 0.3) is 0 Å². The number of benzene rings is 2. The summed E-state index contributed by atoms with van der Waals surface area (Å²) in [5.74, 6) is -1.45. The summed E-state index contributed by atoms with van der Waals surface area (Å²) in [7, 11) is -3.59. The molecule has 35 heavy (non-hydrogen) atoms. The van der Waals surface area contributed by atoms with Gasteiger partial charge in [-0.25, -0.2) is 8.42 Å². The molecule has 1 aliphatic rings. The molecule has 0 saturated carbocycles. The molecule has 1 aromatic heterocycles. The lowest BCUT2D eigenvalue weighted by Crippen LogP contribution is -2.50. The largest absolute Gasteiger partial charge is 0.368 e. The molecular formula is C23H26N6O5S. The highest BCUT2D eigenvalue weighted by molar-refractivity contribution is 7.89. The molecule has 4 N–H and O–H groups in total. The van der Waals surface area contributed by atoms with Crippen LogP contribution in [0.4, 0.5) is 5.69 Å². The van der Waals surface area contributed by atoms with Crippen molar-refractivity contribution in [2.45, 2.75) is 44.3 Å². The van der Waals surface area contributed by atoms with E-state index in [9.17, 15) is 18.0 Å². The van der Waals surface area contributed by atoms with Crippen LogP contribution in [0.15, 0.2) is 59.1 Å². The van der Waals surface area contributed by atoms with E-state index in [1.165, 1.54) is 4.31 Å². The standard InChI is InChI=1S/C23H26N6O5S/c1-15-7-12-20(26-18-5-3-2-4-6-18)35(32,33)29(15)14-16-8-10-17(11-9-16)22(31)25-13-19-27-23(21(24)30)34-28-19/h2-6,8-11,15,20,26H,7,12-14H2,1H3,(H2,24,30)(H,25,31). The number of hydrogen-bond donors (Lipinski definition) is 3. The van der Waals surface area contributed by atoms with E-state index < -0.39 is 21.3 Å². The lowest BCUT2D eigenvalue weighted by molar-refractivity contribution is 0.0944. The van der Waals surface area contributed by atoms with Crippen molar-refractivity contribution >= 4 is 27.5 Å². The van der Waals surface area contributed by atoms with Gasteiger partial charge >= 0.3 is 11.8 Å². The van der Waals surface area contributed by atoms with Crippen molar-refractivity contribution in [2.75, 3.05) is 5.32 Å². The number of nitrogens with two attached hydrogens (primary N) is 1. The molecule has 2 heterocycles. The Hall–Kier alpha value is -3.77. The third kappa shape index (κ3) is 5.66. The fourth-order valence-electron chi connectivity index (χ4n) is 3.84. The van der Waals surface area contributed by atoms with Gasteiger partial charge in [-0.3, -0.25) is 9.59 Å². The minimum atomic E-state index is -3.59. The normalized spacial score (nSPS) is 19.7. The quantitative estimate of drug-likeness (QED) is 0.424. The fourth-order valence-corrected chi connectivity index (χ4v) is 5.82. The fraction of sp³-hybridized carbons (Fsp3) is 0.304. The SMILES string of the molecule is CC1CCC(Nc2ccccc2)S(=O)(=O)N1Cc1ccc(C(=O)NCc2noc(C(N)=O)n2)cc1. The molecule has 0 bridgehead atoms. The smallest absolute Gasteiger partial charge is 0.315 e. The average molecular weight is 499 g/mol. The molecule has 2 aromatic carbocycles. The van der Waals surface area contributed by atoms with E-state index in [2.05, 4.69) is 25.3 Å². The van der Waals surface area contributed by atoms with E-state index in [4.69, 9.17) is 5.73 Å². The molecule has 2 amide bonds. The highest BCUT2D eigenvalue weighted by atomic mass is 32.2. The first-order valence-electron chi connectivity index (χ1n) is 11.1. The van der Waals surface area contributed by atoms with Crippen LogP contribution >= 0.6 is 0 Å². The first-order chi connectivity index (χ1) is 16.7. The number of aromatic nitrogens is 2. The third-order valence-corrected chi connectivity index (χ3v) is 7.98. The summed E-state index contributed by atoms with van der Waals surface area (Å²) >= 11 is 0. The second kappa shape index (κ2) is 10.2. The van der Waals surface area contributed by atoms with Crippen molar-refractivity contribution in [3.8, 4) is 0 Å². The van der Waals surface area contributed by atoms with Crippen LogP contribution < -0.4 is 16.4 Å². The molecule has 0 aliphatic carbocycles. The van der Waals surface area contributed by atoms with Gasteiger partial charge in [0.2, 0.25) is 10.0 Å². The first-order valence-corrected chi connectivity index (χ1v) is 12.6. The van der Waals surface area contributed by atoms with E-state index >= 15 is 0 Å². The molecular weight excluding hydrogens is 472 g/mol. The monoisotopic (exact) mass is 498 g/mol. The number of carbonyl (C=O) groups is 2. The number of amides is 2. The maximum atomic E-state index is 13.3. The summed E-state index contributed by atoms with van der Waals surface area (Å²) in [6, 6.07) is 15.8. The molecule has 3 aromatic rings. The van der Waals surface area contributed by atoms with Gasteiger partial charge in [-0.15, -0.1) is 0 Å². The van der Waals surface area contributed by atoms with E-state index in [0.717, 1.165) is 17.7 Å². The molecule has 2 unspecified atom stereocenters. The number of hydrogen-bond acceptors (Lipinski definition) is 8. The molecule has 4 rings (SSSR count). The topological polar surface area (TPSA) is 161 Å². The highest BCUT2D eigenvalue weighted by Gasteiger charge is 2.39. The Morgan fingerprint density at radius 3 is 2.49 bits per heavy atom. The van der Waals surface area contributed by atoms with Gasteiger partial charge in [0, 0.05) is 23.8 Å². The molecule has 1 aliphatic heterocycles. The molecule has 1 saturated heterocycles. The Morgan fingerprint density at radius 2 is 1.83 bits per heavy atom. The van der Waals surface area contributed by atoms with Gasteiger partial charge in [-0.2, -0.15) is 9.29 Å². The van der Waals surface area contributed by atoms with Crippen LogP contribution in [0.2, 0.25) is 0 Å². The number of nitrogens with zero attached hydrogens (tertiary/aromatic N) is 3. The Kier molecular flexibility index (Phi) is 7.12. The number of para-hydroxylation sites is 1. The molecule has 0 spiro atoms. The minimum absolute atomic E-state index is 0.0449. The lowest BCUT2D eigenvalue weighted by Gasteiger charge is -2.37. The zero-order chi connectivity index (χ0) is 25.0. The summed E-state index contributed by atoms with van der Waals surface area (Å²) in [5.41, 5.74) is 6.96. The zero-order valence-corrected chi connectivity index (χ0v) is 19.9.